The van der Waals surface area contributed by atoms with Crippen LogP contribution >= 0.6 is 11.3 Å². The first-order valence-corrected chi connectivity index (χ1v) is 8.64. The van der Waals surface area contributed by atoms with E-state index < -0.39 is 0 Å². The summed E-state index contributed by atoms with van der Waals surface area (Å²) in [7, 11) is 0. The first kappa shape index (κ1) is 15.6. The number of hydrogen-bond acceptors (Lipinski definition) is 6. The Morgan fingerprint density at radius 2 is 2.04 bits per heavy atom. The highest BCUT2D eigenvalue weighted by atomic mass is 32.1. The summed E-state index contributed by atoms with van der Waals surface area (Å²) in [4.78, 5) is 17.5. The molecule has 0 aliphatic rings. The normalized spacial score (nSPS) is 12.4. The van der Waals surface area contributed by atoms with Gasteiger partial charge in [-0.1, -0.05) is 11.3 Å². The van der Waals surface area contributed by atoms with Crippen molar-refractivity contribution in [2.24, 2.45) is 0 Å². The lowest BCUT2D eigenvalue weighted by atomic mass is 10.2. The number of nitrogens with zero attached hydrogens (tertiary/aromatic N) is 3. The van der Waals surface area contributed by atoms with E-state index in [-0.39, 0.29) is 11.7 Å². The van der Waals surface area contributed by atoms with Gasteiger partial charge in [-0.2, -0.15) is 9.50 Å². The third kappa shape index (κ3) is 3.06. The number of fused-ring (bicyclic) bond motifs is 1. The predicted molar refractivity (Wildman–Crippen MR) is 95.8 cm³/mol. The first-order chi connectivity index (χ1) is 12.1. The number of benzene rings is 1. The van der Waals surface area contributed by atoms with Gasteiger partial charge >= 0.3 is 0 Å². The van der Waals surface area contributed by atoms with Crippen LogP contribution in [0.2, 0.25) is 0 Å². The minimum absolute atomic E-state index is 0.119. The van der Waals surface area contributed by atoms with Crippen LogP contribution in [0.5, 0.6) is 5.75 Å². The van der Waals surface area contributed by atoms with E-state index in [4.69, 9.17) is 9.15 Å². The van der Waals surface area contributed by atoms with Gasteiger partial charge in [0, 0.05) is 11.6 Å². The zero-order chi connectivity index (χ0) is 17.4. The third-order valence-corrected chi connectivity index (χ3v) is 4.44. The average Bonchev–Trinajstić information content (AvgIpc) is 3.28. The molecule has 7 heteroatoms. The van der Waals surface area contributed by atoms with E-state index in [1.807, 2.05) is 38.1 Å². The molecular formula is C18H15N3O3S. The van der Waals surface area contributed by atoms with Gasteiger partial charge in [0.25, 0.3) is 5.56 Å². The Hall–Kier alpha value is -2.93. The smallest absolute Gasteiger partial charge is 0.291 e. The van der Waals surface area contributed by atoms with Crippen molar-refractivity contribution in [3.63, 3.8) is 0 Å². The van der Waals surface area contributed by atoms with Crippen molar-refractivity contribution in [1.82, 2.24) is 14.6 Å². The fourth-order valence-corrected chi connectivity index (χ4v) is 3.30. The average molecular weight is 353 g/mol. The second-order valence-electron chi connectivity index (χ2n) is 5.75. The van der Waals surface area contributed by atoms with Gasteiger partial charge in [0.05, 0.1) is 12.4 Å². The summed E-state index contributed by atoms with van der Waals surface area (Å²) in [5.41, 5.74) is 0.637. The largest absolute Gasteiger partial charge is 0.491 e. The number of rotatable bonds is 4. The molecule has 0 spiro atoms. The molecule has 0 saturated carbocycles. The Morgan fingerprint density at radius 3 is 2.68 bits per heavy atom. The van der Waals surface area contributed by atoms with Crippen LogP contribution in [-0.2, 0) is 0 Å². The lowest BCUT2D eigenvalue weighted by Gasteiger charge is -2.09. The minimum atomic E-state index is -0.199. The fraction of sp³-hybridized carbons (Fsp3) is 0.167. The second-order valence-corrected chi connectivity index (χ2v) is 6.76. The van der Waals surface area contributed by atoms with E-state index in [9.17, 15) is 4.79 Å². The molecule has 0 bridgehead atoms. The van der Waals surface area contributed by atoms with E-state index >= 15 is 0 Å². The van der Waals surface area contributed by atoms with Crippen molar-refractivity contribution in [3.8, 4) is 17.1 Å². The van der Waals surface area contributed by atoms with Crippen LogP contribution in [0.4, 0.5) is 0 Å². The van der Waals surface area contributed by atoms with Crippen LogP contribution in [0, 0.1) is 0 Å². The minimum Gasteiger partial charge on any atom is -0.491 e. The van der Waals surface area contributed by atoms with Crippen molar-refractivity contribution < 1.29 is 9.15 Å². The topological polar surface area (TPSA) is 69.6 Å². The Kier molecular flexibility index (Phi) is 3.85. The molecule has 4 rings (SSSR count). The summed E-state index contributed by atoms with van der Waals surface area (Å²) in [5.74, 6) is 1.94. The number of thiazole rings is 1. The molecule has 0 atom stereocenters. The van der Waals surface area contributed by atoms with Crippen molar-refractivity contribution in [3.05, 3.63) is 63.3 Å². The van der Waals surface area contributed by atoms with Gasteiger partial charge in [0.2, 0.25) is 4.96 Å². The number of furan rings is 1. The summed E-state index contributed by atoms with van der Waals surface area (Å²) in [6.45, 7) is 3.96. The number of aromatic nitrogens is 3. The van der Waals surface area contributed by atoms with Gasteiger partial charge in [0.1, 0.15) is 16.0 Å². The fourth-order valence-electron chi connectivity index (χ4n) is 2.41. The van der Waals surface area contributed by atoms with Gasteiger partial charge in [-0.25, -0.2) is 0 Å². The summed E-state index contributed by atoms with van der Waals surface area (Å²) >= 11 is 1.29. The van der Waals surface area contributed by atoms with Gasteiger partial charge in [0.15, 0.2) is 5.82 Å². The van der Waals surface area contributed by atoms with Gasteiger partial charge in [-0.3, -0.25) is 4.79 Å². The molecule has 126 valence electrons. The molecule has 0 saturated heterocycles. The van der Waals surface area contributed by atoms with E-state index in [0.29, 0.717) is 21.1 Å². The van der Waals surface area contributed by atoms with Crippen LogP contribution in [-0.4, -0.2) is 20.7 Å². The number of hydrogen-bond donors (Lipinski definition) is 0. The highest BCUT2D eigenvalue weighted by Gasteiger charge is 2.12. The maximum Gasteiger partial charge on any atom is 0.291 e. The standard InChI is InChI=1S/C18H15N3O3S/c1-11(2)24-13-7-5-12(6-8-13)16-19-18-21(20-16)17(22)15(25-18)10-14-4-3-9-23-14/h3-11H,1-2H3/b15-10+. The quantitative estimate of drug-likeness (QED) is 0.564. The van der Waals surface area contributed by atoms with Gasteiger partial charge in [-0.05, 0) is 50.2 Å². The molecule has 3 heterocycles. The highest BCUT2D eigenvalue weighted by molar-refractivity contribution is 7.15. The SMILES string of the molecule is CC(C)Oc1ccc(-c2nc3s/c(=C/c4ccco4)c(=O)n3n2)cc1. The zero-order valence-electron chi connectivity index (χ0n) is 13.7. The monoisotopic (exact) mass is 353 g/mol. The summed E-state index contributed by atoms with van der Waals surface area (Å²) < 4.78 is 12.7. The first-order valence-electron chi connectivity index (χ1n) is 7.82. The zero-order valence-corrected chi connectivity index (χ0v) is 14.5. The van der Waals surface area contributed by atoms with Crippen LogP contribution < -0.4 is 14.8 Å². The molecule has 4 aromatic rings. The van der Waals surface area contributed by atoms with Crippen LogP contribution in [0.1, 0.15) is 19.6 Å². The van der Waals surface area contributed by atoms with E-state index in [2.05, 4.69) is 10.1 Å². The highest BCUT2D eigenvalue weighted by Crippen LogP contribution is 2.21. The van der Waals surface area contributed by atoms with Crippen molar-refractivity contribution in [2.45, 2.75) is 20.0 Å². The Bertz CT molecular complexity index is 1110. The van der Waals surface area contributed by atoms with Crippen molar-refractivity contribution in [2.75, 3.05) is 0 Å². The molecule has 0 fully saturated rings. The Labute approximate surface area is 147 Å². The Balaban J connectivity index is 1.70. The summed E-state index contributed by atoms with van der Waals surface area (Å²) in [5, 5.41) is 4.34. The molecule has 0 aliphatic carbocycles. The van der Waals surface area contributed by atoms with Crippen molar-refractivity contribution >= 4 is 22.4 Å². The molecule has 0 amide bonds. The van der Waals surface area contributed by atoms with Crippen LogP contribution in [0.25, 0.3) is 22.4 Å². The summed E-state index contributed by atoms with van der Waals surface area (Å²) in [6, 6.07) is 11.1. The van der Waals surface area contributed by atoms with E-state index in [0.717, 1.165) is 11.3 Å². The molecule has 0 aliphatic heterocycles. The molecule has 3 aromatic heterocycles. The van der Waals surface area contributed by atoms with Gasteiger partial charge in [-0.15, -0.1) is 5.10 Å². The molecule has 0 unspecified atom stereocenters. The molecular weight excluding hydrogens is 338 g/mol. The van der Waals surface area contributed by atoms with E-state index in [1.54, 1.807) is 24.5 Å². The Morgan fingerprint density at radius 1 is 1.24 bits per heavy atom. The lowest BCUT2D eigenvalue weighted by Crippen LogP contribution is -2.23. The number of ether oxygens (including phenoxy) is 1. The predicted octanol–water partition coefficient (Wildman–Crippen LogP) is 2.75. The molecule has 1 aromatic carbocycles. The maximum atomic E-state index is 12.5. The molecule has 0 N–H and O–H groups in total. The van der Waals surface area contributed by atoms with Gasteiger partial charge < -0.3 is 9.15 Å². The van der Waals surface area contributed by atoms with E-state index in [1.165, 1.54) is 15.9 Å². The van der Waals surface area contributed by atoms with Crippen molar-refractivity contribution in [1.29, 1.82) is 0 Å². The lowest BCUT2D eigenvalue weighted by molar-refractivity contribution is 0.242. The second kappa shape index (κ2) is 6.18. The molecule has 0 radical (unpaired) electrons. The maximum absolute atomic E-state index is 12.5. The van der Waals surface area contributed by atoms with Crippen LogP contribution in [0.3, 0.4) is 0 Å². The molecule has 25 heavy (non-hydrogen) atoms. The summed E-state index contributed by atoms with van der Waals surface area (Å²) in [6.07, 6.45) is 3.38. The van der Waals surface area contributed by atoms with Crippen LogP contribution in [0.15, 0.2) is 51.9 Å². The third-order valence-electron chi connectivity index (χ3n) is 3.48. The molecule has 6 nitrogen and oxygen atoms in total.